The molecule has 0 aliphatic carbocycles. The van der Waals surface area contributed by atoms with Crippen molar-refractivity contribution in [2.24, 2.45) is 14.1 Å². The van der Waals surface area contributed by atoms with Gasteiger partial charge in [0.05, 0.1) is 12.0 Å². The number of para-hydroxylation sites is 1. The Morgan fingerprint density at radius 2 is 1.74 bits per heavy atom. The van der Waals surface area contributed by atoms with Gasteiger partial charge in [0.25, 0.3) is 5.56 Å². The fourth-order valence-electron chi connectivity index (χ4n) is 3.76. The van der Waals surface area contributed by atoms with Crippen LogP contribution in [0.25, 0.3) is 33.9 Å². The minimum Gasteiger partial charge on any atom is -0.324 e. The molecule has 0 atom stereocenters. The number of fused-ring (bicyclic) bond motifs is 1. The van der Waals surface area contributed by atoms with Crippen LogP contribution in [0.2, 0.25) is 0 Å². The Labute approximate surface area is 192 Å². The molecule has 3 heterocycles. The minimum absolute atomic E-state index is 0.163. The van der Waals surface area contributed by atoms with Gasteiger partial charge in [-0.1, -0.05) is 42.5 Å². The molecule has 0 bridgehead atoms. The van der Waals surface area contributed by atoms with Crippen molar-refractivity contribution in [1.82, 2.24) is 33.9 Å². The largest absolute Gasteiger partial charge is 0.332 e. The highest BCUT2D eigenvalue weighted by molar-refractivity contribution is 5.95. The molecule has 0 spiro atoms. The van der Waals surface area contributed by atoms with E-state index in [-0.39, 0.29) is 23.6 Å². The lowest BCUT2D eigenvalue weighted by molar-refractivity contribution is -0.116. The third-order valence-corrected chi connectivity index (χ3v) is 5.50. The molecule has 0 aliphatic rings. The van der Waals surface area contributed by atoms with Crippen LogP contribution < -0.4 is 16.6 Å². The molecule has 0 saturated heterocycles. The molecule has 2 N–H and O–H groups in total. The number of aryl methyl sites for hydroxylation is 1. The lowest BCUT2D eigenvalue weighted by Crippen LogP contribution is -2.37. The molecular weight excluding hydrogens is 436 g/mol. The number of imidazole rings is 1. The first kappa shape index (κ1) is 21.1. The van der Waals surface area contributed by atoms with Crippen LogP contribution in [0.5, 0.6) is 0 Å². The van der Waals surface area contributed by atoms with Gasteiger partial charge >= 0.3 is 5.69 Å². The summed E-state index contributed by atoms with van der Waals surface area (Å²) in [4.78, 5) is 46.4. The van der Waals surface area contributed by atoms with Gasteiger partial charge in [0.1, 0.15) is 6.54 Å². The van der Waals surface area contributed by atoms with Crippen molar-refractivity contribution in [3.05, 3.63) is 81.8 Å². The smallest absolute Gasteiger partial charge is 0.324 e. The van der Waals surface area contributed by atoms with Crippen LogP contribution in [0.15, 0.2) is 70.5 Å². The Balaban J connectivity index is 1.43. The summed E-state index contributed by atoms with van der Waals surface area (Å²) in [5.41, 5.74) is 1.47. The summed E-state index contributed by atoms with van der Waals surface area (Å²) >= 11 is 0. The lowest BCUT2D eigenvalue weighted by Gasteiger charge is -2.10. The first-order chi connectivity index (χ1) is 16.4. The second-order valence-electron chi connectivity index (χ2n) is 7.72. The van der Waals surface area contributed by atoms with Crippen LogP contribution in [0.1, 0.15) is 0 Å². The van der Waals surface area contributed by atoms with Crippen LogP contribution >= 0.6 is 0 Å². The van der Waals surface area contributed by atoms with Crippen LogP contribution in [-0.2, 0) is 25.4 Å². The molecule has 0 radical (unpaired) electrons. The molecule has 0 unspecified atom stereocenters. The van der Waals surface area contributed by atoms with Crippen LogP contribution in [0, 0.1) is 0 Å². The number of aromatic amines is 1. The molecule has 2 aromatic carbocycles. The van der Waals surface area contributed by atoms with Gasteiger partial charge in [-0.15, -0.1) is 0 Å². The highest BCUT2D eigenvalue weighted by Gasteiger charge is 2.17. The molecule has 0 saturated carbocycles. The van der Waals surface area contributed by atoms with E-state index in [0.717, 1.165) is 10.1 Å². The second-order valence-corrected chi connectivity index (χ2v) is 7.72. The average Bonchev–Trinajstić information content (AvgIpc) is 3.50. The molecule has 5 aromatic rings. The molecule has 5 rings (SSSR count). The number of rotatable bonds is 5. The molecule has 0 aliphatic heterocycles. The average molecular weight is 456 g/mol. The van der Waals surface area contributed by atoms with Gasteiger partial charge in [0.2, 0.25) is 5.91 Å². The molecule has 34 heavy (non-hydrogen) atoms. The van der Waals surface area contributed by atoms with Crippen molar-refractivity contribution in [2.75, 3.05) is 5.32 Å². The van der Waals surface area contributed by atoms with Gasteiger partial charge in [-0.3, -0.25) is 23.8 Å². The summed E-state index contributed by atoms with van der Waals surface area (Å²) in [6.45, 7) is -0.163. The number of aromatic nitrogens is 7. The summed E-state index contributed by atoms with van der Waals surface area (Å²) in [6, 6.07) is 16.8. The number of benzene rings is 2. The number of hydrogen-bond acceptors (Lipinski definition) is 6. The number of carbonyl (C=O) groups excluding carboxylic acids is 1. The number of amides is 1. The summed E-state index contributed by atoms with van der Waals surface area (Å²) in [6.07, 6.45) is 1.37. The summed E-state index contributed by atoms with van der Waals surface area (Å²) < 4.78 is 3.69. The molecule has 1 amide bonds. The predicted molar refractivity (Wildman–Crippen MR) is 126 cm³/mol. The number of H-pyrrole nitrogens is 1. The molecule has 3 aromatic heterocycles. The van der Waals surface area contributed by atoms with Gasteiger partial charge in [-0.2, -0.15) is 5.10 Å². The van der Waals surface area contributed by atoms with Gasteiger partial charge in [0.15, 0.2) is 22.8 Å². The minimum atomic E-state index is -0.515. The Morgan fingerprint density at radius 3 is 2.53 bits per heavy atom. The maximum Gasteiger partial charge on any atom is 0.332 e. The van der Waals surface area contributed by atoms with E-state index in [1.807, 2.05) is 42.5 Å². The van der Waals surface area contributed by atoms with Crippen LogP contribution in [0.3, 0.4) is 0 Å². The van der Waals surface area contributed by atoms with Crippen molar-refractivity contribution < 1.29 is 4.79 Å². The van der Waals surface area contributed by atoms with E-state index in [9.17, 15) is 14.4 Å². The quantitative estimate of drug-likeness (QED) is 0.412. The first-order valence-electron chi connectivity index (χ1n) is 10.4. The SMILES string of the molecule is Cn1c(=O)c2c(ncn2CC(=O)Nc2ccccc2-c2nc(-c3ccccc3)n[nH]2)n(C)c1=O. The van der Waals surface area contributed by atoms with Crippen molar-refractivity contribution in [1.29, 1.82) is 0 Å². The molecule has 11 nitrogen and oxygen atoms in total. The van der Waals surface area contributed by atoms with E-state index in [1.54, 1.807) is 12.1 Å². The summed E-state index contributed by atoms with van der Waals surface area (Å²) in [5.74, 6) is 0.681. The molecule has 0 fully saturated rings. The van der Waals surface area contributed by atoms with E-state index < -0.39 is 11.2 Å². The lowest BCUT2D eigenvalue weighted by atomic mass is 10.1. The Hall–Kier alpha value is -4.80. The van der Waals surface area contributed by atoms with E-state index >= 15 is 0 Å². The summed E-state index contributed by atoms with van der Waals surface area (Å²) in [5, 5.41) is 10.1. The van der Waals surface area contributed by atoms with Crippen molar-refractivity contribution in [3.8, 4) is 22.8 Å². The Kier molecular flexibility index (Phi) is 5.13. The number of nitrogens with zero attached hydrogens (tertiary/aromatic N) is 6. The van der Waals surface area contributed by atoms with E-state index in [4.69, 9.17) is 0 Å². The summed E-state index contributed by atoms with van der Waals surface area (Å²) in [7, 11) is 2.91. The fourth-order valence-corrected chi connectivity index (χ4v) is 3.76. The molecule has 170 valence electrons. The molecule has 11 heteroatoms. The number of carbonyl (C=O) groups is 1. The molecular formula is C23H20N8O3. The highest BCUT2D eigenvalue weighted by Crippen LogP contribution is 2.26. The zero-order valence-corrected chi connectivity index (χ0v) is 18.4. The monoisotopic (exact) mass is 456 g/mol. The van der Waals surface area contributed by atoms with E-state index in [1.165, 1.54) is 29.6 Å². The van der Waals surface area contributed by atoms with Crippen molar-refractivity contribution in [3.63, 3.8) is 0 Å². The van der Waals surface area contributed by atoms with Gasteiger partial charge in [-0.05, 0) is 12.1 Å². The van der Waals surface area contributed by atoms with Crippen molar-refractivity contribution >= 4 is 22.8 Å². The zero-order valence-electron chi connectivity index (χ0n) is 18.4. The van der Waals surface area contributed by atoms with Gasteiger partial charge in [-0.25, -0.2) is 14.8 Å². The maximum absolute atomic E-state index is 12.9. The first-order valence-corrected chi connectivity index (χ1v) is 10.4. The normalized spacial score (nSPS) is 11.1. The zero-order chi connectivity index (χ0) is 23.8. The second kappa shape index (κ2) is 8.28. The Morgan fingerprint density at radius 1 is 1.00 bits per heavy atom. The van der Waals surface area contributed by atoms with Gasteiger partial charge in [0, 0.05) is 25.2 Å². The third-order valence-electron chi connectivity index (χ3n) is 5.50. The standard InChI is InChI=1S/C23H20N8O3/c1-29-21-18(22(33)30(2)23(29)34)31(13-24-21)12-17(32)25-16-11-7-6-10-15(16)20-26-19(27-28-20)14-8-4-3-5-9-14/h3-11,13H,12H2,1-2H3,(H,25,32)(H,26,27,28). The predicted octanol–water partition coefficient (Wildman–Crippen LogP) is 1.52. The topological polar surface area (TPSA) is 132 Å². The van der Waals surface area contributed by atoms with E-state index in [2.05, 4.69) is 25.5 Å². The fraction of sp³-hybridized carbons (Fsp3) is 0.130. The maximum atomic E-state index is 12.9. The Bertz CT molecular complexity index is 1640. The number of anilines is 1. The van der Waals surface area contributed by atoms with E-state index in [0.29, 0.717) is 22.9 Å². The van der Waals surface area contributed by atoms with Crippen LogP contribution in [0.4, 0.5) is 5.69 Å². The van der Waals surface area contributed by atoms with Gasteiger partial charge < -0.3 is 9.88 Å². The third kappa shape index (κ3) is 3.58. The highest BCUT2D eigenvalue weighted by atomic mass is 16.2. The van der Waals surface area contributed by atoms with Crippen molar-refractivity contribution in [2.45, 2.75) is 6.54 Å². The number of nitrogens with one attached hydrogen (secondary N) is 2. The number of hydrogen-bond donors (Lipinski definition) is 2. The van der Waals surface area contributed by atoms with Crippen LogP contribution in [-0.4, -0.2) is 39.8 Å².